The van der Waals surface area contributed by atoms with Crippen LogP contribution in [0.25, 0.3) is 10.2 Å². The summed E-state index contributed by atoms with van der Waals surface area (Å²) in [5.74, 6) is 2.12. The molecule has 3 fully saturated rings. The molecule has 3 N–H and O–H groups in total. The molecule has 2 saturated heterocycles. The lowest BCUT2D eigenvalue weighted by Crippen LogP contribution is -2.33. The van der Waals surface area contributed by atoms with Gasteiger partial charge in [0.15, 0.2) is 5.82 Å². The van der Waals surface area contributed by atoms with Gasteiger partial charge in [0.2, 0.25) is 5.28 Å². The third-order valence-corrected chi connectivity index (χ3v) is 9.02. The van der Waals surface area contributed by atoms with E-state index in [-0.39, 0.29) is 11.9 Å². The fraction of sp³-hybridized carbons (Fsp3) is 0.684. The molecule has 0 radical (unpaired) electrons. The molecule has 7 atom stereocenters. The zero-order valence-electron chi connectivity index (χ0n) is 17.6. The summed E-state index contributed by atoms with van der Waals surface area (Å²) in [6.07, 6.45) is -0.729. The van der Waals surface area contributed by atoms with Crippen molar-refractivity contribution >= 4 is 62.5 Å². The highest BCUT2D eigenvalue weighted by atomic mass is 79.9. The number of anilines is 1. The number of fused-ring (bicyclic) bond motifs is 2. The maximum Gasteiger partial charge on any atom is 0.352 e. The number of ether oxygens (including phenoxy) is 1. The standard InChI is InChI=1S/C19H24BrClN3O7PS/c1-32(27,28)31-29-7-10-13(25)14(26)15(30-10)11-12-16(33-17(11)20)18(23-19(21)22-12)24-5-8-3-2-4-9(8)6-24/h8-10,13-15,25-26H,2-7H2,1H3,(H,27,28)/t8?,9?,10-,13-,14-,15+/m1/s1. The second-order valence-corrected chi connectivity index (χ2v) is 13.3. The van der Waals surface area contributed by atoms with Gasteiger partial charge < -0.3 is 24.7 Å². The van der Waals surface area contributed by atoms with Gasteiger partial charge in [0.05, 0.1) is 14.0 Å². The molecule has 10 nitrogen and oxygen atoms in total. The van der Waals surface area contributed by atoms with E-state index in [4.69, 9.17) is 21.2 Å². The predicted octanol–water partition coefficient (Wildman–Crippen LogP) is 3.27. The van der Waals surface area contributed by atoms with Crippen LogP contribution in [0.15, 0.2) is 3.79 Å². The summed E-state index contributed by atoms with van der Waals surface area (Å²) in [4.78, 5) is 25.2. The van der Waals surface area contributed by atoms with Gasteiger partial charge in [0, 0.05) is 25.3 Å². The average molecular weight is 585 g/mol. The van der Waals surface area contributed by atoms with Gasteiger partial charge in [-0.2, -0.15) is 4.98 Å². The number of halogens is 2. The minimum Gasteiger partial charge on any atom is -0.387 e. The van der Waals surface area contributed by atoms with Crippen molar-refractivity contribution in [1.29, 1.82) is 0 Å². The molecule has 3 unspecified atom stereocenters. The zero-order chi connectivity index (χ0) is 23.5. The van der Waals surface area contributed by atoms with Gasteiger partial charge in [-0.25, -0.2) is 9.87 Å². The van der Waals surface area contributed by atoms with Crippen molar-refractivity contribution in [2.75, 3.05) is 31.3 Å². The van der Waals surface area contributed by atoms with Crippen molar-refractivity contribution in [2.45, 2.75) is 43.7 Å². The lowest BCUT2D eigenvalue weighted by molar-refractivity contribution is -0.236. The SMILES string of the molecule is CP(=O)(O)OOC[C@H]1O[C@@H](c2c(Br)sc3c(N4CC5CCCC5C4)nc(Cl)nc23)[C@H](O)[C@@H]1O. The van der Waals surface area contributed by atoms with Crippen LogP contribution in [0.1, 0.15) is 30.9 Å². The van der Waals surface area contributed by atoms with E-state index in [1.54, 1.807) is 0 Å². The van der Waals surface area contributed by atoms with Crippen LogP contribution in [0.2, 0.25) is 5.28 Å². The Morgan fingerprint density at radius 1 is 1.27 bits per heavy atom. The molecule has 0 aromatic carbocycles. The summed E-state index contributed by atoms with van der Waals surface area (Å²) in [5.41, 5.74) is 1.12. The monoisotopic (exact) mass is 583 g/mol. The Labute approximate surface area is 207 Å². The average Bonchev–Trinajstić information content (AvgIpc) is 3.45. The van der Waals surface area contributed by atoms with E-state index in [2.05, 4.69) is 35.5 Å². The highest BCUT2D eigenvalue weighted by Crippen LogP contribution is 2.48. The van der Waals surface area contributed by atoms with Crippen molar-refractivity contribution in [3.05, 3.63) is 14.6 Å². The van der Waals surface area contributed by atoms with Gasteiger partial charge in [-0.3, -0.25) is 4.57 Å². The van der Waals surface area contributed by atoms with Gasteiger partial charge in [0.1, 0.15) is 31.0 Å². The van der Waals surface area contributed by atoms with E-state index in [0.29, 0.717) is 26.7 Å². The molecule has 182 valence electrons. The quantitative estimate of drug-likeness (QED) is 0.201. The minimum absolute atomic E-state index is 0.101. The number of aromatic nitrogens is 2. The maximum atomic E-state index is 11.2. The lowest BCUT2D eigenvalue weighted by Gasteiger charge is -2.19. The molecule has 33 heavy (non-hydrogen) atoms. The lowest BCUT2D eigenvalue weighted by atomic mass is 10.0. The first-order valence-corrected chi connectivity index (χ1v) is 14.7. The van der Waals surface area contributed by atoms with Crippen LogP contribution in [0.5, 0.6) is 0 Å². The maximum absolute atomic E-state index is 11.2. The Bertz CT molecular complexity index is 1090. The minimum atomic E-state index is -3.85. The molecule has 2 aromatic rings. The van der Waals surface area contributed by atoms with E-state index in [0.717, 1.165) is 30.3 Å². The van der Waals surface area contributed by atoms with Crippen molar-refractivity contribution in [2.24, 2.45) is 11.8 Å². The Kier molecular flexibility index (Phi) is 6.80. The molecule has 2 aliphatic heterocycles. The first-order valence-electron chi connectivity index (χ1n) is 10.7. The molecule has 0 spiro atoms. The predicted molar refractivity (Wildman–Crippen MR) is 126 cm³/mol. The van der Waals surface area contributed by atoms with E-state index < -0.39 is 32.0 Å². The molecular formula is C19H24BrClN3O7PS. The zero-order valence-corrected chi connectivity index (χ0v) is 21.7. The van der Waals surface area contributed by atoms with Gasteiger partial charge >= 0.3 is 7.60 Å². The third kappa shape index (κ3) is 4.72. The highest BCUT2D eigenvalue weighted by molar-refractivity contribution is 9.11. The first-order chi connectivity index (χ1) is 15.6. The van der Waals surface area contributed by atoms with Crippen LogP contribution in [0.3, 0.4) is 0 Å². The second-order valence-electron chi connectivity index (χ2n) is 8.88. The van der Waals surface area contributed by atoms with Crippen LogP contribution < -0.4 is 4.90 Å². The molecule has 0 amide bonds. The Morgan fingerprint density at radius 2 is 1.97 bits per heavy atom. The fourth-order valence-electron chi connectivity index (χ4n) is 5.12. The second kappa shape index (κ2) is 9.24. The Morgan fingerprint density at radius 3 is 2.64 bits per heavy atom. The number of aliphatic hydroxyl groups excluding tert-OH is 2. The van der Waals surface area contributed by atoms with Crippen LogP contribution >= 0.6 is 46.5 Å². The summed E-state index contributed by atoms with van der Waals surface area (Å²) < 4.78 is 23.0. The summed E-state index contributed by atoms with van der Waals surface area (Å²) >= 11 is 11.3. The molecule has 3 aliphatic rings. The third-order valence-electron chi connectivity index (χ3n) is 6.57. The number of nitrogens with zero attached hydrogens (tertiary/aromatic N) is 3. The first kappa shape index (κ1) is 24.3. The topological polar surface area (TPSA) is 134 Å². The highest BCUT2D eigenvalue weighted by Gasteiger charge is 2.46. The molecule has 14 heteroatoms. The number of thiophene rings is 1. The van der Waals surface area contributed by atoms with Crippen molar-refractivity contribution in [3.8, 4) is 0 Å². The number of hydrogen-bond donors (Lipinski definition) is 3. The van der Waals surface area contributed by atoms with E-state index in [1.165, 1.54) is 30.6 Å². The summed E-state index contributed by atoms with van der Waals surface area (Å²) in [5, 5.41) is 21.3. The molecule has 1 aliphatic carbocycles. The number of rotatable bonds is 6. The van der Waals surface area contributed by atoms with Crippen LogP contribution in [0.4, 0.5) is 5.82 Å². The molecule has 0 bridgehead atoms. The largest absolute Gasteiger partial charge is 0.387 e. The van der Waals surface area contributed by atoms with Crippen molar-refractivity contribution in [1.82, 2.24) is 9.97 Å². The fourth-order valence-corrected chi connectivity index (χ4v) is 7.46. The van der Waals surface area contributed by atoms with Gasteiger partial charge in [-0.05, 0) is 52.2 Å². The van der Waals surface area contributed by atoms with Crippen LogP contribution in [-0.4, -0.2) is 69.7 Å². The molecule has 5 rings (SSSR count). The molecule has 4 heterocycles. The molecule has 1 saturated carbocycles. The summed E-state index contributed by atoms with van der Waals surface area (Å²) in [7, 11) is -3.85. The van der Waals surface area contributed by atoms with Crippen molar-refractivity contribution < 1.29 is 34.0 Å². The van der Waals surface area contributed by atoms with E-state index in [9.17, 15) is 19.7 Å². The Balaban J connectivity index is 1.43. The molecule has 2 aromatic heterocycles. The van der Waals surface area contributed by atoms with Crippen LogP contribution in [0, 0.1) is 11.8 Å². The Hall–Kier alpha value is -0.400. The van der Waals surface area contributed by atoms with Crippen molar-refractivity contribution in [3.63, 3.8) is 0 Å². The number of hydrogen-bond acceptors (Lipinski definition) is 10. The van der Waals surface area contributed by atoms with Gasteiger partial charge in [-0.1, -0.05) is 6.42 Å². The smallest absolute Gasteiger partial charge is 0.352 e. The number of aliphatic hydroxyl groups is 2. The summed E-state index contributed by atoms with van der Waals surface area (Å²) in [6, 6.07) is 0. The van der Waals surface area contributed by atoms with E-state index in [1.807, 2.05) is 0 Å². The van der Waals surface area contributed by atoms with Gasteiger partial charge in [-0.15, -0.1) is 16.0 Å². The molecular weight excluding hydrogens is 561 g/mol. The normalized spacial score (nSPS) is 33.7. The van der Waals surface area contributed by atoms with Gasteiger partial charge in [0.25, 0.3) is 0 Å². The van der Waals surface area contributed by atoms with Crippen LogP contribution in [-0.2, 0) is 18.9 Å². The van der Waals surface area contributed by atoms with E-state index >= 15 is 0 Å². The summed E-state index contributed by atoms with van der Waals surface area (Å²) in [6.45, 7) is 2.50.